The van der Waals surface area contributed by atoms with E-state index in [1.165, 1.54) is 10.4 Å². The lowest BCUT2D eigenvalue weighted by molar-refractivity contribution is 0.521. The van der Waals surface area contributed by atoms with Gasteiger partial charge in [0.25, 0.3) is 0 Å². The molecule has 2 heterocycles. The van der Waals surface area contributed by atoms with Gasteiger partial charge in [0.05, 0.1) is 5.54 Å². The molecule has 0 N–H and O–H groups in total. The molecule has 1 aromatic rings. The molecule has 0 spiro atoms. The molecule has 58 valence electrons. The fraction of sp³-hybridized carbons (Fsp3) is 0.444. The van der Waals surface area contributed by atoms with Crippen molar-refractivity contribution < 1.29 is 0 Å². The summed E-state index contributed by atoms with van der Waals surface area (Å²) in [6, 6.07) is 2.14. The van der Waals surface area contributed by atoms with E-state index in [9.17, 15) is 0 Å². The van der Waals surface area contributed by atoms with E-state index in [1.54, 1.807) is 0 Å². The predicted molar refractivity (Wildman–Crippen MR) is 49.7 cm³/mol. The first-order chi connectivity index (χ1) is 5.17. The van der Waals surface area contributed by atoms with Crippen molar-refractivity contribution >= 4 is 17.6 Å². The quantitative estimate of drug-likeness (QED) is 0.560. The van der Waals surface area contributed by atoms with E-state index in [0.29, 0.717) is 0 Å². The lowest BCUT2D eigenvalue weighted by Gasteiger charge is -2.22. The normalized spacial score (nSPS) is 19.8. The Morgan fingerprint density at radius 2 is 2.36 bits per heavy atom. The molecule has 0 aromatic carbocycles. The van der Waals surface area contributed by atoms with Gasteiger partial charge in [0, 0.05) is 23.1 Å². The van der Waals surface area contributed by atoms with Crippen molar-refractivity contribution in [3.05, 3.63) is 21.9 Å². The van der Waals surface area contributed by atoms with E-state index in [-0.39, 0.29) is 5.54 Å². The van der Waals surface area contributed by atoms with E-state index in [0.717, 1.165) is 6.42 Å². The lowest BCUT2D eigenvalue weighted by Crippen LogP contribution is -2.23. The van der Waals surface area contributed by atoms with Gasteiger partial charge < -0.3 is 0 Å². The summed E-state index contributed by atoms with van der Waals surface area (Å²) in [6.07, 6.45) is 3.09. The largest absolute Gasteiger partial charge is 0.286 e. The first kappa shape index (κ1) is 7.04. The summed E-state index contributed by atoms with van der Waals surface area (Å²) >= 11 is 1.84. The Kier molecular flexibility index (Phi) is 1.39. The maximum absolute atomic E-state index is 4.46. The second-order valence-corrected chi connectivity index (χ2v) is 4.55. The third kappa shape index (κ3) is 1.23. The van der Waals surface area contributed by atoms with Crippen LogP contribution < -0.4 is 0 Å². The van der Waals surface area contributed by atoms with Crippen LogP contribution in [0, 0.1) is 0 Å². The molecule has 0 aliphatic carbocycles. The third-order valence-corrected chi connectivity index (χ3v) is 2.86. The summed E-state index contributed by atoms with van der Waals surface area (Å²) in [4.78, 5) is 5.93. The maximum atomic E-state index is 4.46. The van der Waals surface area contributed by atoms with Crippen LogP contribution in [-0.2, 0) is 6.42 Å². The molecule has 0 radical (unpaired) electrons. The zero-order chi connectivity index (χ0) is 7.90. The first-order valence-electron chi connectivity index (χ1n) is 3.79. The number of nitrogens with zero attached hydrogens (tertiary/aromatic N) is 1. The van der Waals surface area contributed by atoms with Crippen molar-refractivity contribution in [2.24, 2.45) is 4.99 Å². The van der Waals surface area contributed by atoms with Gasteiger partial charge in [0.2, 0.25) is 0 Å². The second-order valence-electron chi connectivity index (χ2n) is 3.55. The molecule has 0 fully saturated rings. The molecule has 1 aromatic heterocycles. The van der Waals surface area contributed by atoms with Gasteiger partial charge in [-0.15, -0.1) is 11.3 Å². The molecule has 2 heteroatoms. The van der Waals surface area contributed by atoms with Crippen LogP contribution >= 0.6 is 11.3 Å². The maximum Gasteiger partial charge on any atom is 0.0600 e. The van der Waals surface area contributed by atoms with Crippen LogP contribution in [0.2, 0.25) is 0 Å². The highest BCUT2D eigenvalue weighted by Crippen LogP contribution is 2.27. The summed E-state index contributed by atoms with van der Waals surface area (Å²) in [5.74, 6) is 0. The van der Waals surface area contributed by atoms with Gasteiger partial charge in [0.1, 0.15) is 0 Å². The SMILES string of the molecule is CC1(C)Cc2sccc2C=N1. The van der Waals surface area contributed by atoms with E-state index in [4.69, 9.17) is 0 Å². The second kappa shape index (κ2) is 2.18. The monoisotopic (exact) mass is 165 g/mol. The number of hydrogen-bond acceptors (Lipinski definition) is 2. The number of rotatable bonds is 0. The van der Waals surface area contributed by atoms with Gasteiger partial charge >= 0.3 is 0 Å². The van der Waals surface area contributed by atoms with Gasteiger partial charge in [-0.3, -0.25) is 4.99 Å². The van der Waals surface area contributed by atoms with Gasteiger partial charge in [-0.2, -0.15) is 0 Å². The van der Waals surface area contributed by atoms with E-state index < -0.39 is 0 Å². The number of fused-ring (bicyclic) bond motifs is 1. The minimum atomic E-state index is 0.123. The number of hydrogen-bond donors (Lipinski definition) is 0. The molecule has 1 nitrogen and oxygen atoms in total. The Bertz CT molecular complexity index is 296. The highest BCUT2D eigenvalue weighted by Gasteiger charge is 2.22. The molecule has 0 bridgehead atoms. The summed E-state index contributed by atoms with van der Waals surface area (Å²) in [5.41, 5.74) is 1.44. The molecule has 1 aliphatic rings. The molecule has 0 saturated carbocycles. The van der Waals surface area contributed by atoms with Crippen LogP contribution in [0.4, 0.5) is 0 Å². The molecule has 0 saturated heterocycles. The molecule has 1 aliphatic heterocycles. The highest BCUT2D eigenvalue weighted by atomic mass is 32.1. The highest BCUT2D eigenvalue weighted by molar-refractivity contribution is 7.10. The fourth-order valence-corrected chi connectivity index (χ4v) is 2.36. The van der Waals surface area contributed by atoms with Crippen molar-refractivity contribution in [3.8, 4) is 0 Å². The lowest BCUT2D eigenvalue weighted by atomic mass is 9.96. The van der Waals surface area contributed by atoms with Crippen molar-refractivity contribution in [2.45, 2.75) is 25.8 Å². The summed E-state index contributed by atoms with van der Waals surface area (Å²) in [6.45, 7) is 4.35. The Hall–Kier alpha value is -0.630. The summed E-state index contributed by atoms with van der Waals surface area (Å²) in [5, 5.41) is 2.14. The minimum Gasteiger partial charge on any atom is -0.286 e. The van der Waals surface area contributed by atoms with Crippen molar-refractivity contribution in [3.63, 3.8) is 0 Å². The van der Waals surface area contributed by atoms with Gasteiger partial charge in [-0.25, -0.2) is 0 Å². The van der Waals surface area contributed by atoms with Crippen molar-refractivity contribution in [1.82, 2.24) is 0 Å². The third-order valence-electron chi connectivity index (χ3n) is 1.93. The topological polar surface area (TPSA) is 12.4 Å². The zero-order valence-electron chi connectivity index (χ0n) is 6.79. The molecular weight excluding hydrogens is 154 g/mol. The molecule has 2 rings (SSSR count). The summed E-state index contributed by atoms with van der Waals surface area (Å²) < 4.78 is 0. The molecule has 0 unspecified atom stereocenters. The number of aliphatic imine (C=N–C) groups is 1. The minimum absolute atomic E-state index is 0.123. The van der Waals surface area contributed by atoms with E-state index >= 15 is 0 Å². The average molecular weight is 165 g/mol. The fourth-order valence-electron chi connectivity index (χ4n) is 1.29. The Labute approximate surface area is 70.8 Å². The van der Waals surface area contributed by atoms with Crippen LogP contribution in [0.1, 0.15) is 24.3 Å². The smallest absolute Gasteiger partial charge is 0.0600 e. The Morgan fingerprint density at radius 1 is 1.55 bits per heavy atom. The van der Waals surface area contributed by atoms with Crippen LogP contribution in [0.3, 0.4) is 0 Å². The molecule has 0 amide bonds. The Morgan fingerprint density at radius 3 is 3.18 bits per heavy atom. The number of thiophene rings is 1. The van der Waals surface area contributed by atoms with Crippen LogP contribution in [0.15, 0.2) is 16.4 Å². The van der Waals surface area contributed by atoms with Crippen LogP contribution in [-0.4, -0.2) is 11.8 Å². The van der Waals surface area contributed by atoms with Gasteiger partial charge in [-0.05, 0) is 25.3 Å². The average Bonchev–Trinajstić information content (AvgIpc) is 2.31. The van der Waals surface area contributed by atoms with Gasteiger partial charge in [-0.1, -0.05) is 0 Å². The molecule has 0 atom stereocenters. The first-order valence-corrected chi connectivity index (χ1v) is 4.67. The predicted octanol–water partition coefficient (Wildman–Crippen LogP) is 2.50. The van der Waals surface area contributed by atoms with E-state index in [1.807, 2.05) is 17.6 Å². The zero-order valence-corrected chi connectivity index (χ0v) is 7.61. The van der Waals surface area contributed by atoms with Crippen LogP contribution in [0.25, 0.3) is 0 Å². The van der Waals surface area contributed by atoms with Gasteiger partial charge in [0.15, 0.2) is 0 Å². The molecule has 11 heavy (non-hydrogen) atoms. The van der Waals surface area contributed by atoms with Crippen molar-refractivity contribution in [1.29, 1.82) is 0 Å². The Balaban J connectivity index is 2.44. The summed E-state index contributed by atoms with van der Waals surface area (Å²) in [7, 11) is 0. The standard InChI is InChI=1S/C9H11NS/c1-9(2)5-8-7(6-10-9)3-4-11-8/h3-4,6H,5H2,1-2H3. The van der Waals surface area contributed by atoms with Crippen LogP contribution in [0.5, 0.6) is 0 Å². The van der Waals surface area contributed by atoms with Crippen molar-refractivity contribution in [2.75, 3.05) is 0 Å². The van der Waals surface area contributed by atoms with E-state index in [2.05, 4.69) is 30.3 Å². The molecular formula is C9H11NS.